The summed E-state index contributed by atoms with van der Waals surface area (Å²) in [6, 6.07) is 2.94. The van der Waals surface area contributed by atoms with Gasteiger partial charge in [0.2, 0.25) is 17.7 Å². The van der Waals surface area contributed by atoms with Crippen molar-refractivity contribution in [3.05, 3.63) is 36.0 Å². The summed E-state index contributed by atoms with van der Waals surface area (Å²) in [7, 11) is 0. The lowest BCUT2D eigenvalue weighted by Gasteiger charge is -2.25. The second kappa shape index (κ2) is 16.1. The second-order valence-electron chi connectivity index (χ2n) is 9.42. The molecule has 2 rings (SSSR count). The molecule has 0 bridgehead atoms. The molecule has 39 heavy (non-hydrogen) atoms. The summed E-state index contributed by atoms with van der Waals surface area (Å²) in [5, 5.41) is 28.1. The normalized spacial score (nSPS) is 15.1. The molecule has 216 valence electrons. The number of carbonyl (C=O) groups excluding carboxylic acids is 3. The van der Waals surface area contributed by atoms with Crippen molar-refractivity contribution >= 4 is 46.4 Å². The number of rotatable bonds is 17. The number of unbranched alkanes of at least 4 members (excludes halogenated alkanes) is 1. The number of nitrogens with two attached hydrogens (primary N) is 2. The molecule has 5 atom stereocenters. The van der Waals surface area contributed by atoms with Gasteiger partial charge in [-0.15, -0.1) is 0 Å². The highest BCUT2D eigenvalue weighted by Crippen LogP contribution is 2.19. The molecule has 2 aromatic rings. The number of carboxylic acids is 1. The van der Waals surface area contributed by atoms with Crippen LogP contribution in [0.3, 0.4) is 0 Å². The van der Waals surface area contributed by atoms with Crippen LogP contribution in [0.25, 0.3) is 10.9 Å². The Morgan fingerprint density at radius 3 is 2.21 bits per heavy atom. The molecule has 12 nitrogen and oxygen atoms in total. The van der Waals surface area contributed by atoms with E-state index >= 15 is 0 Å². The molecule has 0 saturated heterocycles. The van der Waals surface area contributed by atoms with Gasteiger partial charge in [-0.2, -0.15) is 11.8 Å². The molecule has 5 unspecified atom stereocenters. The van der Waals surface area contributed by atoms with Gasteiger partial charge < -0.3 is 42.6 Å². The first kappa shape index (κ1) is 32.1. The zero-order chi connectivity index (χ0) is 28.9. The number of nitrogens with one attached hydrogen (secondary N) is 4. The van der Waals surface area contributed by atoms with Crippen LogP contribution in [-0.4, -0.2) is 87.7 Å². The van der Waals surface area contributed by atoms with Crippen LogP contribution in [0.4, 0.5) is 0 Å². The van der Waals surface area contributed by atoms with Gasteiger partial charge >= 0.3 is 5.97 Å². The predicted octanol–water partition coefficient (Wildman–Crippen LogP) is -0.160. The number of hydrogen-bond acceptors (Lipinski definition) is 8. The second-order valence-corrected chi connectivity index (χ2v) is 10.4. The van der Waals surface area contributed by atoms with Gasteiger partial charge in [0.1, 0.15) is 24.2 Å². The van der Waals surface area contributed by atoms with Gasteiger partial charge in [-0.25, -0.2) is 4.79 Å². The Bertz CT molecular complexity index is 1110. The number of carbonyl (C=O) groups is 4. The number of aliphatic hydroxyl groups is 1. The first-order chi connectivity index (χ1) is 18.6. The summed E-state index contributed by atoms with van der Waals surface area (Å²) >= 11 is 1.47. The third-order valence-electron chi connectivity index (χ3n) is 6.36. The number of amides is 3. The molecule has 1 heterocycles. The molecule has 0 aliphatic rings. The van der Waals surface area contributed by atoms with E-state index in [9.17, 15) is 29.4 Å². The van der Waals surface area contributed by atoms with Crippen molar-refractivity contribution in [1.29, 1.82) is 0 Å². The Labute approximate surface area is 232 Å². The average molecular weight is 565 g/mol. The van der Waals surface area contributed by atoms with Crippen molar-refractivity contribution in [2.24, 2.45) is 11.5 Å². The van der Waals surface area contributed by atoms with Gasteiger partial charge in [0.05, 0.1) is 6.10 Å². The minimum Gasteiger partial charge on any atom is -0.480 e. The first-order valence-electron chi connectivity index (χ1n) is 12.9. The summed E-state index contributed by atoms with van der Waals surface area (Å²) in [5.74, 6) is -2.63. The number of hydrogen-bond donors (Lipinski definition) is 8. The highest BCUT2D eigenvalue weighted by molar-refractivity contribution is 7.98. The average Bonchev–Trinajstić information content (AvgIpc) is 3.31. The molecular weight excluding hydrogens is 524 g/mol. The van der Waals surface area contributed by atoms with Crippen LogP contribution in [0.2, 0.25) is 0 Å². The molecule has 0 spiro atoms. The summed E-state index contributed by atoms with van der Waals surface area (Å²) in [6.07, 6.45) is 4.13. The number of fused-ring (bicyclic) bond motifs is 1. The molecule has 0 fully saturated rings. The number of aliphatic hydroxyl groups excluding tert-OH is 1. The van der Waals surface area contributed by atoms with Gasteiger partial charge in [0.25, 0.3) is 0 Å². The number of aromatic nitrogens is 1. The zero-order valence-corrected chi connectivity index (χ0v) is 23.1. The number of thioether (sulfide) groups is 1. The van der Waals surface area contributed by atoms with Crippen molar-refractivity contribution in [3.63, 3.8) is 0 Å². The lowest BCUT2D eigenvalue weighted by Crippen LogP contribution is -2.58. The number of aliphatic carboxylic acids is 1. The van der Waals surface area contributed by atoms with E-state index in [0.29, 0.717) is 25.1 Å². The predicted molar refractivity (Wildman–Crippen MR) is 151 cm³/mol. The minimum atomic E-state index is -1.23. The van der Waals surface area contributed by atoms with E-state index in [-0.39, 0.29) is 19.3 Å². The van der Waals surface area contributed by atoms with Crippen LogP contribution in [0, 0.1) is 0 Å². The maximum atomic E-state index is 13.2. The Kier molecular flexibility index (Phi) is 13.2. The lowest BCUT2D eigenvalue weighted by molar-refractivity contribution is -0.142. The zero-order valence-electron chi connectivity index (χ0n) is 22.3. The quantitative estimate of drug-likeness (QED) is 0.120. The Hall–Kier alpha value is -3.13. The van der Waals surface area contributed by atoms with E-state index in [1.165, 1.54) is 18.7 Å². The number of carboxylic acid groups (broad SMARTS) is 1. The fourth-order valence-electron chi connectivity index (χ4n) is 4.02. The van der Waals surface area contributed by atoms with Crippen LogP contribution in [0.15, 0.2) is 30.5 Å². The molecule has 0 aliphatic heterocycles. The van der Waals surface area contributed by atoms with E-state index in [4.69, 9.17) is 11.5 Å². The van der Waals surface area contributed by atoms with Crippen molar-refractivity contribution in [3.8, 4) is 0 Å². The number of para-hydroxylation sites is 1. The maximum Gasteiger partial charge on any atom is 0.326 e. The first-order valence-corrected chi connectivity index (χ1v) is 14.3. The van der Waals surface area contributed by atoms with E-state index in [2.05, 4.69) is 20.9 Å². The lowest BCUT2D eigenvalue weighted by atomic mass is 10.0. The van der Waals surface area contributed by atoms with E-state index in [1.807, 2.05) is 30.5 Å². The molecule has 1 aromatic carbocycles. The molecule has 0 radical (unpaired) electrons. The molecule has 0 aliphatic carbocycles. The topological polar surface area (TPSA) is 213 Å². The molecule has 0 saturated carbocycles. The van der Waals surface area contributed by atoms with Crippen molar-refractivity contribution in [2.75, 3.05) is 18.6 Å². The summed E-state index contributed by atoms with van der Waals surface area (Å²) < 4.78 is 0. The van der Waals surface area contributed by atoms with Crippen molar-refractivity contribution in [1.82, 2.24) is 20.9 Å². The molecule has 1 aromatic heterocycles. The van der Waals surface area contributed by atoms with E-state index in [0.717, 1.165) is 16.5 Å². The van der Waals surface area contributed by atoms with Crippen LogP contribution in [0.5, 0.6) is 0 Å². The largest absolute Gasteiger partial charge is 0.480 e. The number of benzene rings is 1. The Morgan fingerprint density at radius 1 is 0.974 bits per heavy atom. The van der Waals surface area contributed by atoms with Gasteiger partial charge in [-0.1, -0.05) is 18.2 Å². The smallest absolute Gasteiger partial charge is 0.326 e. The number of H-pyrrole nitrogens is 1. The SMILES string of the molecule is CSCCC(NC(=O)C(CCCCN)NC(=O)C(N)C(C)O)C(=O)NC(Cc1c[nH]c2ccccc12)C(=O)O. The van der Waals surface area contributed by atoms with Crippen LogP contribution in [0.1, 0.15) is 38.2 Å². The summed E-state index contributed by atoms with van der Waals surface area (Å²) in [5.41, 5.74) is 12.9. The highest BCUT2D eigenvalue weighted by atomic mass is 32.2. The van der Waals surface area contributed by atoms with Crippen molar-refractivity contribution in [2.45, 2.75) is 69.3 Å². The molecule has 3 amide bonds. The Balaban J connectivity index is 2.16. The highest BCUT2D eigenvalue weighted by Gasteiger charge is 2.31. The molecule has 13 heteroatoms. The monoisotopic (exact) mass is 564 g/mol. The fraction of sp³-hybridized carbons (Fsp3) is 0.538. The van der Waals surface area contributed by atoms with Crippen LogP contribution < -0.4 is 27.4 Å². The third kappa shape index (κ3) is 9.84. The van der Waals surface area contributed by atoms with Gasteiger partial charge in [-0.3, -0.25) is 14.4 Å². The standard InChI is InChI=1S/C26H40N6O6S/c1-15(33)22(28)25(36)31-19(9-5-6-11-27)23(34)30-20(10-12-39-2)24(35)32-21(26(37)38)13-16-14-29-18-8-4-3-7-17(16)18/h3-4,7-8,14-15,19-22,29,33H,5-6,9-13,27-28H2,1-2H3,(H,30,34)(H,31,36)(H,32,35)(H,37,38). The summed E-state index contributed by atoms with van der Waals surface area (Å²) in [6.45, 7) is 1.77. The van der Waals surface area contributed by atoms with Crippen molar-refractivity contribution < 1.29 is 29.4 Å². The van der Waals surface area contributed by atoms with Crippen LogP contribution in [-0.2, 0) is 25.6 Å². The van der Waals surface area contributed by atoms with E-state index in [1.54, 1.807) is 6.20 Å². The molecule has 10 N–H and O–H groups in total. The van der Waals surface area contributed by atoms with Gasteiger partial charge in [0, 0.05) is 23.5 Å². The number of aromatic amines is 1. The molecular formula is C26H40N6O6S. The van der Waals surface area contributed by atoms with Gasteiger partial charge in [0.15, 0.2) is 0 Å². The minimum absolute atomic E-state index is 0.0449. The summed E-state index contributed by atoms with van der Waals surface area (Å²) in [4.78, 5) is 54.0. The van der Waals surface area contributed by atoms with Crippen LogP contribution >= 0.6 is 11.8 Å². The van der Waals surface area contributed by atoms with Gasteiger partial charge in [-0.05, 0) is 62.8 Å². The maximum absolute atomic E-state index is 13.2. The third-order valence-corrected chi connectivity index (χ3v) is 7.00. The Morgan fingerprint density at radius 2 is 1.59 bits per heavy atom. The fourth-order valence-corrected chi connectivity index (χ4v) is 4.49. The van der Waals surface area contributed by atoms with E-state index < -0.39 is 54.0 Å².